The third-order valence-corrected chi connectivity index (χ3v) is 10.5. The predicted octanol–water partition coefficient (Wildman–Crippen LogP) is 3.24. The zero-order chi connectivity index (χ0) is 31.5. The van der Waals surface area contributed by atoms with Crippen molar-refractivity contribution < 1.29 is 40.3 Å². The molecule has 0 spiro atoms. The molecule has 232 valence electrons. The van der Waals surface area contributed by atoms with Gasteiger partial charge >= 0.3 is 0 Å². The Kier molecular flexibility index (Phi) is 9.74. The van der Waals surface area contributed by atoms with E-state index in [0.717, 1.165) is 40.7 Å². The zero-order valence-corrected chi connectivity index (χ0v) is 25.4. The van der Waals surface area contributed by atoms with Crippen LogP contribution in [-0.2, 0) is 31.3 Å². The number of aliphatic hydroxyl groups is 1. The third kappa shape index (κ3) is 7.50. The SMILES string of the molecule is C[C@@H]1CN([C@@H](C)CO)C(=O)Cc2cc(NS(=O)(=O)c3ccc(F)cc3)ccc2O[C@H]1CN(C)S(=O)(=O)c1ccc(F)cc1. The summed E-state index contributed by atoms with van der Waals surface area (Å²) in [7, 11) is -6.74. The van der Waals surface area contributed by atoms with Gasteiger partial charge in [0.25, 0.3) is 10.0 Å². The fraction of sp³-hybridized carbons (Fsp3) is 0.345. The molecule has 0 radical (unpaired) electrons. The molecule has 0 saturated heterocycles. The average molecular weight is 638 g/mol. The van der Waals surface area contributed by atoms with E-state index in [-0.39, 0.29) is 53.3 Å². The van der Waals surface area contributed by atoms with Gasteiger partial charge < -0.3 is 14.7 Å². The Morgan fingerprint density at radius 2 is 1.58 bits per heavy atom. The number of carbonyl (C=O) groups is 1. The lowest BCUT2D eigenvalue weighted by atomic mass is 10.0. The number of aliphatic hydroxyl groups excluding tert-OH is 1. The zero-order valence-electron chi connectivity index (χ0n) is 23.8. The van der Waals surface area contributed by atoms with E-state index in [2.05, 4.69) is 4.72 Å². The number of nitrogens with one attached hydrogen (secondary N) is 1. The molecular formula is C29H33F2N3O7S2. The molecule has 0 aliphatic carbocycles. The molecule has 14 heteroatoms. The summed E-state index contributed by atoms with van der Waals surface area (Å²) < 4.78 is 88.8. The molecule has 1 amide bonds. The van der Waals surface area contributed by atoms with E-state index in [0.29, 0.717) is 5.56 Å². The van der Waals surface area contributed by atoms with E-state index in [9.17, 15) is 35.5 Å². The van der Waals surface area contributed by atoms with Crippen LogP contribution in [0.2, 0.25) is 0 Å². The molecule has 4 rings (SSSR count). The summed E-state index contributed by atoms with van der Waals surface area (Å²) in [6, 6.07) is 12.6. The molecule has 1 aliphatic heterocycles. The summed E-state index contributed by atoms with van der Waals surface area (Å²) in [6.45, 7) is 3.18. The molecular weight excluding hydrogens is 604 g/mol. The first-order valence-corrected chi connectivity index (χ1v) is 16.3. The van der Waals surface area contributed by atoms with Crippen LogP contribution in [0, 0.1) is 17.6 Å². The molecule has 0 aromatic heterocycles. The number of likely N-dealkylation sites (N-methyl/N-ethyl adjacent to an activating group) is 1. The average Bonchev–Trinajstić information content (AvgIpc) is 3.00. The van der Waals surface area contributed by atoms with Crippen molar-refractivity contribution in [2.75, 3.05) is 31.5 Å². The molecule has 3 aromatic carbocycles. The summed E-state index contributed by atoms with van der Waals surface area (Å²) in [5, 5.41) is 9.84. The number of anilines is 1. The Morgan fingerprint density at radius 3 is 2.16 bits per heavy atom. The number of benzene rings is 3. The standard InChI is InChI=1S/C29H33F2N3O7S2/c1-19-16-34(20(2)18-35)29(36)15-21-14-24(32-42(37,38)25-9-4-22(30)5-10-25)8-13-27(21)41-28(19)17-33(3)43(39,40)26-11-6-23(31)7-12-26/h4-14,19-20,28,32,35H,15-18H2,1-3H3/t19-,20+,28+/m1/s1. The Labute approximate surface area is 250 Å². The Bertz CT molecular complexity index is 1670. The van der Waals surface area contributed by atoms with Gasteiger partial charge in [-0.3, -0.25) is 9.52 Å². The molecule has 0 bridgehead atoms. The number of rotatable bonds is 9. The normalized spacial score (nSPS) is 18.7. The topological polar surface area (TPSA) is 133 Å². The Balaban J connectivity index is 1.68. The van der Waals surface area contributed by atoms with Crippen molar-refractivity contribution in [2.45, 2.75) is 42.2 Å². The van der Waals surface area contributed by atoms with Gasteiger partial charge in [-0.1, -0.05) is 6.92 Å². The lowest BCUT2D eigenvalue weighted by Gasteiger charge is -2.33. The summed E-state index contributed by atoms with van der Waals surface area (Å²) >= 11 is 0. The van der Waals surface area contributed by atoms with Crippen molar-refractivity contribution >= 4 is 31.6 Å². The first-order chi connectivity index (χ1) is 20.2. The highest BCUT2D eigenvalue weighted by molar-refractivity contribution is 7.92. The number of ether oxygens (including phenoxy) is 1. The van der Waals surface area contributed by atoms with E-state index in [1.54, 1.807) is 13.8 Å². The maximum atomic E-state index is 13.4. The lowest BCUT2D eigenvalue weighted by molar-refractivity contribution is -0.134. The van der Waals surface area contributed by atoms with E-state index in [4.69, 9.17) is 4.74 Å². The van der Waals surface area contributed by atoms with Crippen LogP contribution in [0.15, 0.2) is 76.5 Å². The number of carbonyl (C=O) groups excluding carboxylic acids is 1. The van der Waals surface area contributed by atoms with Gasteiger partial charge in [0.05, 0.1) is 35.4 Å². The van der Waals surface area contributed by atoms with E-state index in [1.807, 2.05) is 0 Å². The van der Waals surface area contributed by atoms with Gasteiger partial charge in [0, 0.05) is 30.8 Å². The fourth-order valence-electron chi connectivity index (χ4n) is 4.68. The summed E-state index contributed by atoms with van der Waals surface area (Å²) in [5.74, 6) is -1.67. The maximum Gasteiger partial charge on any atom is 0.261 e. The number of hydrogen-bond donors (Lipinski definition) is 2. The quantitative estimate of drug-likeness (QED) is 0.368. The molecule has 1 aliphatic rings. The molecule has 0 saturated carbocycles. The molecule has 3 atom stereocenters. The van der Waals surface area contributed by atoms with Crippen molar-refractivity contribution in [3.05, 3.63) is 83.9 Å². The van der Waals surface area contributed by atoms with Crippen molar-refractivity contribution in [2.24, 2.45) is 5.92 Å². The van der Waals surface area contributed by atoms with Gasteiger partial charge in [0.15, 0.2) is 0 Å². The Morgan fingerprint density at radius 1 is 1.00 bits per heavy atom. The number of amides is 1. The molecule has 0 fully saturated rings. The van der Waals surface area contributed by atoms with E-state index in [1.165, 1.54) is 42.3 Å². The van der Waals surface area contributed by atoms with Crippen LogP contribution in [0.4, 0.5) is 14.5 Å². The predicted molar refractivity (Wildman–Crippen MR) is 155 cm³/mol. The van der Waals surface area contributed by atoms with Gasteiger partial charge in [-0.15, -0.1) is 0 Å². The van der Waals surface area contributed by atoms with Crippen molar-refractivity contribution in [1.82, 2.24) is 9.21 Å². The maximum absolute atomic E-state index is 13.4. The minimum absolute atomic E-state index is 0.101. The minimum atomic E-state index is -4.09. The first kappa shape index (κ1) is 32.3. The van der Waals surface area contributed by atoms with Crippen LogP contribution < -0.4 is 9.46 Å². The summed E-state index contributed by atoms with van der Waals surface area (Å²) in [5.41, 5.74) is 0.462. The van der Waals surface area contributed by atoms with Crippen LogP contribution in [0.1, 0.15) is 19.4 Å². The second kappa shape index (κ2) is 13.0. The van der Waals surface area contributed by atoms with Crippen LogP contribution in [0.5, 0.6) is 5.75 Å². The second-order valence-electron chi connectivity index (χ2n) is 10.5. The molecule has 2 N–H and O–H groups in total. The van der Waals surface area contributed by atoms with Crippen molar-refractivity contribution in [1.29, 1.82) is 0 Å². The number of hydrogen-bond acceptors (Lipinski definition) is 7. The Hall–Kier alpha value is -3.59. The number of fused-ring (bicyclic) bond motifs is 1. The highest BCUT2D eigenvalue weighted by Gasteiger charge is 2.33. The van der Waals surface area contributed by atoms with Crippen molar-refractivity contribution in [3.63, 3.8) is 0 Å². The third-order valence-electron chi connectivity index (χ3n) is 7.25. The lowest BCUT2D eigenvalue weighted by Crippen LogP contribution is -2.48. The van der Waals surface area contributed by atoms with Crippen molar-refractivity contribution in [3.8, 4) is 5.75 Å². The molecule has 43 heavy (non-hydrogen) atoms. The van der Waals surface area contributed by atoms with E-state index < -0.39 is 49.7 Å². The molecule has 0 unspecified atom stereocenters. The van der Waals surface area contributed by atoms with E-state index >= 15 is 0 Å². The van der Waals surface area contributed by atoms with Gasteiger partial charge in [0.2, 0.25) is 15.9 Å². The van der Waals surface area contributed by atoms with Crippen LogP contribution in [0.3, 0.4) is 0 Å². The summed E-state index contributed by atoms with van der Waals surface area (Å²) in [6.07, 6.45) is -0.963. The second-order valence-corrected chi connectivity index (χ2v) is 14.2. The van der Waals surface area contributed by atoms with Gasteiger partial charge in [0.1, 0.15) is 23.5 Å². The monoisotopic (exact) mass is 637 g/mol. The number of sulfonamides is 2. The number of nitrogens with zero attached hydrogens (tertiary/aromatic N) is 2. The van der Waals surface area contributed by atoms with Crippen LogP contribution in [-0.4, -0.2) is 75.9 Å². The minimum Gasteiger partial charge on any atom is -0.488 e. The molecule has 1 heterocycles. The highest BCUT2D eigenvalue weighted by atomic mass is 32.2. The first-order valence-electron chi connectivity index (χ1n) is 13.4. The smallest absolute Gasteiger partial charge is 0.261 e. The van der Waals surface area contributed by atoms with Gasteiger partial charge in [-0.2, -0.15) is 4.31 Å². The molecule has 3 aromatic rings. The molecule has 10 nitrogen and oxygen atoms in total. The highest BCUT2D eigenvalue weighted by Crippen LogP contribution is 2.30. The van der Waals surface area contributed by atoms with Gasteiger partial charge in [-0.25, -0.2) is 25.6 Å². The van der Waals surface area contributed by atoms with Crippen LogP contribution >= 0.6 is 0 Å². The summed E-state index contributed by atoms with van der Waals surface area (Å²) in [4.78, 5) is 14.7. The van der Waals surface area contributed by atoms with Crippen LogP contribution in [0.25, 0.3) is 0 Å². The fourth-order valence-corrected chi connectivity index (χ4v) is 6.91. The largest absolute Gasteiger partial charge is 0.488 e. The number of halogens is 2. The van der Waals surface area contributed by atoms with Gasteiger partial charge in [-0.05, 0) is 73.7 Å².